The van der Waals surface area contributed by atoms with Crippen LogP contribution in [0.4, 0.5) is 13.2 Å². The molecule has 3 atom stereocenters. The van der Waals surface area contributed by atoms with E-state index in [1.165, 1.54) is 7.11 Å². The van der Waals surface area contributed by atoms with E-state index >= 15 is 0 Å². The number of benzene rings is 1. The van der Waals surface area contributed by atoms with Crippen molar-refractivity contribution in [1.29, 1.82) is 0 Å². The van der Waals surface area contributed by atoms with Crippen molar-refractivity contribution in [2.45, 2.75) is 50.4 Å². The molecule has 2 heterocycles. The molecule has 1 fully saturated rings. The predicted molar refractivity (Wildman–Crippen MR) is 92.5 cm³/mol. The smallest absolute Gasteiger partial charge is 0.316 e. The second-order valence-corrected chi connectivity index (χ2v) is 7.26. The highest BCUT2D eigenvalue weighted by Gasteiger charge is 2.36. The Morgan fingerprint density at radius 1 is 1.11 bits per heavy atom. The van der Waals surface area contributed by atoms with E-state index in [0.717, 1.165) is 30.3 Å². The van der Waals surface area contributed by atoms with Gasteiger partial charge in [-0.3, -0.25) is 4.90 Å². The number of ether oxygens (including phenoxy) is 1. The summed E-state index contributed by atoms with van der Waals surface area (Å²) >= 11 is 0. The van der Waals surface area contributed by atoms with Crippen molar-refractivity contribution in [1.82, 2.24) is 14.9 Å². The third kappa shape index (κ3) is 3.39. The maximum Gasteiger partial charge on any atom is 0.316 e. The number of methoxy groups -OCH3 is 1. The number of hydrogen-bond donors (Lipinski definition) is 1. The van der Waals surface area contributed by atoms with Crippen molar-refractivity contribution < 1.29 is 17.9 Å². The summed E-state index contributed by atoms with van der Waals surface area (Å²) in [6.07, 6.45) is 3.86. The molecule has 2 N–H and O–H groups in total. The zero-order valence-corrected chi connectivity index (χ0v) is 15.0. The highest BCUT2D eigenvalue weighted by molar-refractivity contribution is 5.27. The minimum Gasteiger partial charge on any atom is -0.467 e. The predicted octanol–water partition coefficient (Wildman–Crippen LogP) is 2.88. The third-order valence-electron chi connectivity index (χ3n) is 5.67. The van der Waals surface area contributed by atoms with Crippen LogP contribution in [0, 0.1) is 17.5 Å². The molecule has 0 bridgehead atoms. The average Bonchev–Trinajstić information content (AvgIpc) is 3.08. The van der Waals surface area contributed by atoms with Crippen LogP contribution in [0.1, 0.15) is 42.0 Å². The molecule has 0 radical (unpaired) electrons. The van der Waals surface area contributed by atoms with Gasteiger partial charge in [0.2, 0.25) is 0 Å². The Morgan fingerprint density at radius 2 is 1.89 bits per heavy atom. The first kappa shape index (κ1) is 18.2. The van der Waals surface area contributed by atoms with Crippen molar-refractivity contribution in [2.24, 2.45) is 5.73 Å². The molecule has 0 spiro atoms. The van der Waals surface area contributed by atoms with Gasteiger partial charge in [0.25, 0.3) is 0 Å². The summed E-state index contributed by atoms with van der Waals surface area (Å²) in [6.45, 7) is 1.43. The lowest BCUT2D eigenvalue weighted by Gasteiger charge is -2.38. The van der Waals surface area contributed by atoms with Crippen LogP contribution in [0.2, 0.25) is 0 Å². The van der Waals surface area contributed by atoms with E-state index in [-0.39, 0.29) is 23.6 Å². The van der Waals surface area contributed by atoms with Gasteiger partial charge < -0.3 is 10.5 Å². The van der Waals surface area contributed by atoms with Crippen molar-refractivity contribution in [3.8, 4) is 6.01 Å². The van der Waals surface area contributed by atoms with Crippen LogP contribution in [0.25, 0.3) is 0 Å². The number of nitrogens with two attached hydrogens (primary N) is 1. The summed E-state index contributed by atoms with van der Waals surface area (Å²) in [6, 6.07) is 1.80. The van der Waals surface area contributed by atoms with Gasteiger partial charge in [-0.05, 0) is 30.9 Å². The Morgan fingerprint density at radius 3 is 2.63 bits per heavy atom. The lowest BCUT2D eigenvalue weighted by molar-refractivity contribution is 0.137. The minimum absolute atomic E-state index is 0.167. The van der Waals surface area contributed by atoms with Gasteiger partial charge in [0.15, 0.2) is 11.6 Å². The first-order valence-electron chi connectivity index (χ1n) is 8.99. The first-order valence-corrected chi connectivity index (χ1v) is 8.99. The van der Waals surface area contributed by atoms with Crippen molar-refractivity contribution in [3.63, 3.8) is 0 Å². The van der Waals surface area contributed by atoms with Gasteiger partial charge in [0.1, 0.15) is 5.82 Å². The maximum atomic E-state index is 14.1. The van der Waals surface area contributed by atoms with E-state index in [4.69, 9.17) is 10.5 Å². The fourth-order valence-corrected chi connectivity index (χ4v) is 4.24. The van der Waals surface area contributed by atoms with E-state index < -0.39 is 17.5 Å². The van der Waals surface area contributed by atoms with Gasteiger partial charge in [-0.15, -0.1) is 0 Å². The number of rotatable bonds is 3. The first-order chi connectivity index (χ1) is 13.0. The highest BCUT2D eigenvalue weighted by Crippen LogP contribution is 2.38. The summed E-state index contributed by atoms with van der Waals surface area (Å²) < 4.78 is 46.0. The number of aromatic nitrogens is 2. The molecule has 8 heteroatoms. The molecular weight excluding hydrogens is 357 g/mol. The van der Waals surface area contributed by atoms with Crippen molar-refractivity contribution in [2.75, 3.05) is 7.11 Å². The maximum absolute atomic E-state index is 14.1. The molecule has 27 heavy (non-hydrogen) atoms. The molecule has 1 aliphatic carbocycles. The normalized spacial score (nSPS) is 25.4. The number of hydrogen-bond acceptors (Lipinski definition) is 5. The SMILES string of the molecule is COc1ncc2c(n1)CN([C@H]1CC[C@H](c3cc(F)c(F)cc3F)[C@@H](N)C1)C2. The second-order valence-electron chi connectivity index (χ2n) is 7.26. The standard InChI is InChI=1S/C19H21F3N4O/c1-27-19-24-7-10-8-26(9-18(10)25-19)11-2-3-12(17(23)4-11)13-5-15(21)16(22)6-14(13)20/h5-7,11-12,17H,2-4,8-9,23H2,1H3/t11-,12+,17-/m0/s1. The summed E-state index contributed by atoms with van der Waals surface area (Å²) in [7, 11) is 1.53. The molecule has 2 aromatic rings. The number of nitrogens with zero attached hydrogens (tertiary/aromatic N) is 3. The molecule has 1 saturated carbocycles. The van der Waals surface area contributed by atoms with Crippen LogP contribution in [-0.2, 0) is 13.1 Å². The Bertz CT molecular complexity index is 863. The van der Waals surface area contributed by atoms with Crippen LogP contribution in [0.5, 0.6) is 6.01 Å². The van der Waals surface area contributed by atoms with Crippen molar-refractivity contribution >= 4 is 0 Å². The molecule has 144 valence electrons. The Balaban J connectivity index is 1.46. The van der Waals surface area contributed by atoms with Crippen LogP contribution >= 0.6 is 0 Å². The quantitative estimate of drug-likeness (QED) is 0.832. The molecule has 0 saturated heterocycles. The Kier molecular flexibility index (Phi) is 4.77. The molecule has 1 aromatic carbocycles. The van der Waals surface area contributed by atoms with E-state index in [2.05, 4.69) is 14.9 Å². The third-order valence-corrected chi connectivity index (χ3v) is 5.67. The van der Waals surface area contributed by atoms with Gasteiger partial charge in [-0.1, -0.05) is 0 Å². The fraction of sp³-hybridized carbons (Fsp3) is 0.474. The Labute approximate surface area is 155 Å². The van der Waals surface area contributed by atoms with Crippen molar-refractivity contribution in [3.05, 3.63) is 52.6 Å². The second kappa shape index (κ2) is 7.09. The van der Waals surface area contributed by atoms with Crippen LogP contribution < -0.4 is 10.5 Å². The van der Waals surface area contributed by atoms with Gasteiger partial charge in [0.05, 0.1) is 12.8 Å². The number of halogens is 3. The van der Waals surface area contributed by atoms with Crippen LogP contribution in [0.3, 0.4) is 0 Å². The molecule has 0 unspecified atom stereocenters. The molecule has 4 rings (SSSR count). The van der Waals surface area contributed by atoms with Gasteiger partial charge in [0, 0.05) is 48.9 Å². The van der Waals surface area contributed by atoms with Gasteiger partial charge in [-0.2, -0.15) is 4.98 Å². The lowest BCUT2D eigenvalue weighted by atomic mass is 9.77. The topological polar surface area (TPSA) is 64.3 Å². The molecule has 1 aliphatic heterocycles. The minimum atomic E-state index is -1.18. The molecule has 1 aromatic heterocycles. The monoisotopic (exact) mass is 378 g/mol. The Hall–Kier alpha value is -2.19. The summed E-state index contributed by atoms with van der Waals surface area (Å²) in [4.78, 5) is 10.8. The van der Waals surface area contributed by atoms with E-state index in [1.807, 2.05) is 0 Å². The van der Waals surface area contributed by atoms with E-state index in [0.29, 0.717) is 31.5 Å². The molecule has 5 nitrogen and oxygen atoms in total. The largest absolute Gasteiger partial charge is 0.467 e. The highest BCUT2D eigenvalue weighted by atomic mass is 19.2. The molecule has 0 amide bonds. The van der Waals surface area contributed by atoms with E-state index in [9.17, 15) is 13.2 Å². The average molecular weight is 378 g/mol. The lowest BCUT2D eigenvalue weighted by Crippen LogP contribution is -2.44. The summed E-state index contributed by atoms with van der Waals surface area (Å²) in [5.41, 5.74) is 8.50. The summed E-state index contributed by atoms with van der Waals surface area (Å²) in [5, 5.41) is 0. The van der Waals surface area contributed by atoms with E-state index in [1.54, 1.807) is 6.20 Å². The van der Waals surface area contributed by atoms with Crippen LogP contribution in [0.15, 0.2) is 18.3 Å². The zero-order chi connectivity index (χ0) is 19.1. The fourth-order valence-electron chi connectivity index (χ4n) is 4.24. The molecular formula is C19H21F3N4O. The van der Waals surface area contributed by atoms with Gasteiger partial charge >= 0.3 is 6.01 Å². The van der Waals surface area contributed by atoms with Crippen LogP contribution in [-0.4, -0.2) is 34.1 Å². The van der Waals surface area contributed by atoms with Gasteiger partial charge in [-0.25, -0.2) is 18.2 Å². The molecule has 2 aliphatic rings. The summed E-state index contributed by atoms with van der Waals surface area (Å²) in [5.74, 6) is -3.27. The number of fused-ring (bicyclic) bond motifs is 1. The zero-order valence-electron chi connectivity index (χ0n) is 15.0.